The number of rotatable bonds is 8. The molecule has 1 aliphatic carbocycles. The zero-order valence-corrected chi connectivity index (χ0v) is 16.9. The van der Waals surface area contributed by atoms with Crippen LogP contribution in [0.15, 0.2) is 48.5 Å². The second kappa shape index (κ2) is 9.51. The summed E-state index contributed by atoms with van der Waals surface area (Å²) in [5.74, 6) is 0.484. The highest BCUT2D eigenvalue weighted by Gasteiger charge is 2.43. The van der Waals surface area contributed by atoms with Crippen LogP contribution in [-0.2, 0) is 27.7 Å². The van der Waals surface area contributed by atoms with Crippen LogP contribution in [0.25, 0.3) is 0 Å². The number of nitrogens with one attached hydrogen (secondary N) is 1. The van der Waals surface area contributed by atoms with Crippen molar-refractivity contribution in [1.82, 2.24) is 5.32 Å². The topological polar surface area (TPSA) is 47.6 Å². The molecule has 3 rings (SSSR count). The Labute approximate surface area is 174 Å². The van der Waals surface area contributed by atoms with E-state index in [-0.39, 0.29) is 5.91 Å². The third kappa shape index (κ3) is 5.14. The molecule has 2 aromatic rings. The normalized spacial score (nSPS) is 15.7. The lowest BCUT2D eigenvalue weighted by atomic mass is 9.77. The van der Waals surface area contributed by atoms with Gasteiger partial charge >= 0.3 is 6.18 Å². The predicted octanol–water partition coefficient (Wildman–Crippen LogP) is 4.86. The van der Waals surface area contributed by atoms with E-state index in [1.54, 1.807) is 13.2 Å². The molecule has 1 amide bonds. The number of carbonyl (C=O) groups excluding carboxylic acids is 1. The van der Waals surface area contributed by atoms with E-state index >= 15 is 0 Å². The van der Waals surface area contributed by atoms with Crippen molar-refractivity contribution >= 4 is 5.91 Å². The molecule has 0 saturated heterocycles. The maximum absolute atomic E-state index is 13.2. The minimum Gasteiger partial charge on any atom is -0.491 e. The van der Waals surface area contributed by atoms with Crippen molar-refractivity contribution in [3.63, 3.8) is 0 Å². The van der Waals surface area contributed by atoms with Gasteiger partial charge in [-0.15, -0.1) is 0 Å². The highest BCUT2D eigenvalue weighted by molar-refractivity contribution is 5.88. The molecule has 1 aliphatic rings. The number of benzene rings is 2. The van der Waals surface area contributed by atoms with E-state index in [1.165, 1.54) is 6.07 Å². The van der Waals surface area contributed by atoms with Crippen molar-refractivity contribution in [2.24, 2.45) is 0 Å². The molecule has 0 heterocycles. The summed E-state index contributed by atoms with van der Waals surface area (Å²) in [5, 5.41) is 2.93. The van der Waals surface area contributed by atoms with Crippen molar-refractivity contribution in [3.8, 4) is 5.75 Å². The Kier molecular flexibility index (Phi) is 7.02. The molecule has 0 radical (unpaired) electrons. The molecule has 4 nitrogen and oxygen atoms in total. The highest BCUT2D eigenvalue weighted by Crippen LogP contribution is 2.43. The molecule has 162 valence electrons. The second-order valence-corrected chi connectivity index (χ2v) is 7.54. The van der Waals surface area contributed by atoms with Gasteiger partial charge in [-0.05, 0) is 42.2 Å². The van der Waals surface area contributed by atoms with Gasteiger partial charge in [-0.2, -0.15) is 13.2 Å². The average Bonchev–Trinajstić information content (AvgIpc) is 3.24. The van der Waals surface area contributed by atoms with Crippen LogP contribution in [-0.4, -0.2) is 26.2 Å². The van der Waals surface area contributed by atoms with Gasteiger partial charge in [0, 0.05) is 13.7 Å². The number of alkyl halides is 3. The lowest BCUT2D eigenvalue weighted by molar-refractivity contribution is -0.138. The van der Waals surface area contributed by atoms with Gasteiger partial charge in [0.25, 0.3) is 0 Å². The van der Waals surface area contributed by atoms with E-state index in [0.29, 0.717) is 43.9 Å². The smallest absolute Gasteiger partial charge is 0.416 e. The van der Waals surface area contributed by atoms with Crippen LogP contribution in [0.5, 0.6) is 5.75 Å². The molecule has 7 heteroatoms. The number of ether oxygens (including phenoxy) is 2. The summed E-state index contributed by atoms with van der Waals surface area (Å²) in [6, 6.07) is 12.5. The van der Waals surface area contributed by atoms with Crippen LogP contribution in [0, 0.1) is 0 Å². The second-order valence-electron chi connectivity index (χ2n) is 7.54. The monoisotopic (exact) mass is 421 g/mol. The van der Waals surface area contributed by atoms with Crippen LogP contribution in [0.1, 0.15) is 42.4 Å². The Bertz CT molecular complexity index is 844. The third-order valence-corrected chi connectivity index (χ3v) is 5.57. The van der Waals surface area contributed by atoms with Crippen molar-refractivity contribution in [1.29, 1.82) is 0 Å². The van der Waals surface area contributed by atoms with Crippen LogP contribution >= 0.6 is 0 Å². The molecule has 1 fully saturated rings. The predicted molar refractivity (Wildman–Crippen MR) is 107 cm³/mol. The summed E-state index contributed by atoms with van der Waals surface area (Å²) in [7, 11) is 1.60. The van der Waals surface area contributed by atoms with Gasteiger partial charge in [-0.3, -0.25) is 4.79 Å². The van der Waals surface area contributed by atoms with Crippen molar-refractivity contribution < 1.29 is 27.4 Å². The Morgan fingerprint density at radius 3 is 2.40 bits per heavy atom. The molecule has 30 heavy (non-hydrogen) atoms. The molecule has 1 N–H and O–H groups in total. The maximum atomic E-state index is 13.2. The van der Waals surface area contributed by atoms with E-state index in [0.717, 1.165) is 30.5 Å². The SMILES string of the molecule is COCCOc1ccc(CNC(=O)C2(c3cccc(C(F)(F)F)c3)CCCC2)cc1. The molecule has 0 bridgehead atoms. The fourth-order valence-electron chi connectivity index (χ4n) is 3.92. The van der Waals surface area contributed by atoms with E-state index in [9.17, 15) is 18.0 Å². The zero-order chi connectivity index (χ0) is 21.6. The van der Waals surface area contributed by atoms with Crippen LogP contribution in [0.3, 0.4) is 0 Å². The lowest BCUT2D eigenvalue weighted by Crippen LogP contribution is -2.42. The Hall–Kier alpha value is -2.54. The molecule has 0 aliphatic heterocycles. The molecule has 1 saturated carbocycles. The molecule has 2 aromatic carbocycles. The van der Waals surface area contributed by atoms with E-state index in [4.69, 9.17) is 9.47 Å². The highest BCUT2D eigenvalue weighted by atomic mass is 19.4. The van der Waals surface area contributed by atoms with Gasteiger partial charge in [0.05, 0.1) is 17.6 Å². The number of halogens is 3. The van der Waals surface area contributed by atoms with Crippen molar-refractivity contribution in [3.05, 3.63) is 65.2 Å². The average molecular weight is 421 g/mol. The van der Waals surface area contributed by atoms with Crippen LogP contribution in [0.2, 0.25) is 0 Å². The fourth-order valence-corrected chi connectivity index (χ4v) is 3.92. The molecule has 0 unspecified atom stereocenters. The summed E-state index contributed by atoms with van der Waals surface area (Å²) >= 11 is 0. The van der Waals surface area contributed by atoms with Gasteiger partial charge in [0.2, 0.25) is 5.91 Å². The first-order valence-corrected chi connectivity index (χ1v) is 10.0. The first-order chi connectivity index (χ1) is 14.3. The van der Waals surface area contributed by atoms with E-state index < -0.39 is 17.2 Å². The minimum atomic E-state index is -4.43. The first-order valence-electron chi connectivity index (χ1n) is 10.0. The number of amides is 1. The maximum Gasteiger partial charge on any atom is 0.416 e. The molecule has 0 aromatic heterocycles. The first kappa shape index (κ1) is 22.2. The Morgan fingerprint density at radius 2 is 1.77 bits per heavy atom. The van der Waals surface area contributed by atoms with Gasteiger partial charge in [0.15, 0.2) is 0 Å². The quantitative estimate of drug-likeness (QED) is 0.620. The van der Waals surface area contributed by atoms with E-state index in [1.807, 2.05) is 24.3 Å². The molecular weight excluding hydrogens is 395 g/mol. The molecule has 0 spiro atoms. The van der Waals surface area contributed by atoms with Gasteiger partial charge < -0.3 is 14.8 Å². The number of carbonyl (C=O) groups is 1. The van der Waals surface area contributed by atoms with Crippen LogP contribution in [0.4, 0.5) is 13.2 Å². The number of hydrogen-bond acceptors (Lipinski definition) is 3. The number of hydrogen-bond donors (Lipinski definition) is 1. The lowest BCUT2D eigenvalue weighted by Gasteiger charge is -2.29. The fraction of sp³-hybridized carbons (Fsp3) is 0.435. The number of methoxy groups -OCH3 is 1. The zero-order valence-electron chi connectivity index (χ0n) is 16.9. The minimum absolute atomic E-state index is 0.222. The van der Waals surface area contributed by atoms with Gasteiger partial charge in [-0.1, -0.05) is 43.2 Å². The van der Waals surface area contributed by atoms with Crippen molar-refractivity contribution in [2.45, 2.75) is 43.8 Å². The van der Waals surface area contributed by atoms with Gasteiger partial charge in [0.1, 0.15) is 12.4 Å². The molecular formula is C23H26F3NO3. The van der Waals surface area contributed by atoms with Crippen LogP contribution < -0.4 is 10.1 Å². The summed E-state index contributed by atoms with van der Waals surface area (Å²) < 4.78 is 49.9. The standard InChI is InChI=1S/C23H26F3NO3/c1-29-13-14-30-20-9-7-17(8-10-20)16-27-21(28)22(11-2-3-12-22)18-5-4-6-19(15-18)23(24,25)26/h4-10,15H,2-3,11-14,16H2,1H3,(H,27,28). The summed E-state index contributed by atoms with van der Waals surface area (Å²) in [5.41, 5.74) is -0.304. The largest absolute Gasteiger partial charge is 0.491 e. The Balaban J connectivity index is 1.69. The molecule has 0 atom stereocenters. The third-order valence-electron chi connectivity index (χ3n) is 5.57. The van der Waals surface area contributed by atoms with E-state index in [2.05, 4.69) is 5.32 Å². The van der Waals surface area contributed by atoms with Crippen molar-refractivity contribution in [2.75, 3.05) is 20.3 Å². The summed E-state index contributed by atoms with van der Waals surface area (Å²) in [6.07, 6.45) is -1.70. The summed E-state index contributed by atoms with van der Waals surface area (Å²) in [4.78, 5) is 13.1. The Morgan fingerprint density at radius 1 is 1.07 bits per heavy atom. The summed E-state index contributed by atoms with van der Waals surface area (Å²) in [6.45, 7) is 1.25. The van der Waals surface area contributed by atoms with Gasteiger partial charge in [-0.25, -0.2) is 0 Å².